The van der Waals surface area contributed by atoms with Crippen LogP contribution < -0.4 is 19.7 Å². The molecule has 4 N–H and O–H groups in total. The van der Waals surface area contributed by atoms with Gasteiger partial charge >= 0.3 is 11.9 Å². The van der Waals surface area contributed by atoms with E-state index < -0.39 is 0 Å². The maximum Gasteiger partial charge on any atom is 0.452 e. The Morgan fingerprint density at radius 1 is 0.795 bits per heavy atom. The molecule has 0 aliphatic rings. The smallest absolute Gasteiger partial charge is 0.269 e. The van der Waals surface area contributed by atoms with Crippen LogP contribution in [0.1, 0.15) is 38.8 Å². The fourth-order valence-corrected chi connectivity index (χ4v) is 3.78. The third-order valence-corrected chi connectivity index (χ3v) is 6.37. The molecule has 0 bridgehead atoms. The Kier molecular flexibility index (Phi) is 9.62. The number of aromatic nitrogens is 6. The van der Waals surface area contributed by atoms with E-state index in [4.69, 9.17) is 0 Å². The van der Waals surface area contributed by atoms with E-state index >= 15 is 0 Å². The molecule has 0 saturated heterocycles. The molecule has 0 atom stereocenters. The lowest BCUT2D eigenvalue weighted by Crippen LogP contribution is -2.33. The summed E-state index contributed by atoms with van der Waals surface area (Å²) in [6.07, 6.45) is 4.45. The van der Waals surface area contributed by atoms with Crippen molar-refractivity contribution in [1.82, 2.24) is 20.2 Å². The van der Waals surface area contributed by atoms with Crippen LogP contribution in [0, 0.1) is 21.4 Å². The lowest BCUT2D eigenvalue weighted by molar-refractivity contribution is -0.554. The topological polar surface area (TPSA) is 127 Å². The molecule has 0 fully saturated rings. The van der Waals surface area contributed by atoms with Gasteiger partial charge in [-0.05, 0) is 51.3 Å². The van der Waals surface area contributed by atoms with Crippen molar-refractivity contribution in [2.24, 2.45) is 0 Å². The van der Waals surface area contributed by atoms with Crippen molar-refractivity contribution < 1.29 is 17.9 Å². The van der Waals surface area contributed by atoms with Gasteiger partial charge in [-0.3, -0.25) is 10.6 Å². The molecule has 39 heavy (non-hydrogen) atoms. The fraction of sp³-hybridized carbons (Fsp3) is 0.308. The van der Waals surface area contributed by atoms with E-state index in [9.17, 15) is 18.6 Å². The van der Waals surface area contributed by atoms with E-state index in [-0.39, 0.29) is 34.4 Å². The Morgan fingerprint density at radius 3 is 1.69 bits per heavy atom. The van der Waals surface area contributed by atoms with Crippen molar-refractivity contribution in [2.75, 3.05) is 23.7 Å². The predicted octanol–water partition coefficient (Wildman–Crippen LogP) is 4.47. The van der Waals surface area contributed by atoms with Gasteiger partial charge in [0.05, 0.1) is 28.4 Å². The first-order valence-corrected chi connectivity index (χ1v) is 12.8. The van der Waals surface area contributed by atoms with E-state index in [2.05, 4.69) is 46.7 Å². The summed E-state index contributed by atoms with van der Waals surface area (Å²) < 4.78 is 27.4. The first kappa shape index (κ1) is 29.6. The highest BCUT2D eigenvalue weighted by molar-refractivity contribution is 9.10. The van der Waals surface area contributed by atoms with Crippen LogP contribution in [0.2, 0.25) is 0 Å². The number of H-pyrrole nitrogens is 2. The molecule has 2 aromatic carbocycles. The Morgan fingerprint density at radius 2 is 1.26 bits per heavy atom. The van der Waals surface area contributed by atoms with Gasteiger partial charge in [0, 0.05) is 10.8 Å². The summed E-state index contributed by atoms with van der Waals surface area (Å²) >= 11 is 3.13. The van der Waals surface area contributed by atoms with Crippen molar-refractivity contribution in [2.45, 2.75) is 38.5 Å². The minimum atomic E-state index is -0.268. The number of hydrogen-bond acceptors (Lipinski definition) is 6. The predicted molar refractivity (Wildman–Crippen MR) is 147 cm³/mol. The zero-order valence-corrected chi connectivity index (χ0v) is 23.6. The first-order valence-electron chi connectivity index (χ1n) is 12.0. The monoisotopic (exact) mass is 604 g/mol. The van der Waals surface area contributed by atoms with Crippen LogP contribution in [0.15, 0.2) is 71.7 Å². The Labute approximate surface area is 232 Å². The van der Waals surface area contributed by atoms with Gasteiger partial charge in [-0.2, -0.15) is 5.10 Å². The van der Waals surface area contributed by atoms with Crippen molar-refractivity contribution in [3.05, 3.63) is 104 Å². The lowest BCUT2D eigenvalue weighted by Gasteiger charge is -2.23. The van der Waals surface area contributed by atoms with Gasteiger partial charge in [-0.1, -0.05) is 71.7 Å². The molecular weight excluding hydrogens is 574 g/mol. The van der Waals surface area contributed by atoms with Crippen LogP contribution in [-0.2, 0) is 10.8 Å². The Balaban J connectivity index is 0.000000216. The quantitative estimate of drug-likeness (QED) is 0.220. The number of benzene rings is 2. The van der Waals surface area contributed by atoms with Crippen molar-refractivity contribution in [3.8, 4) is 0 Å². The van der Waals surface area contributed by atoms with E-state index in [1.807, 2.05) is 27.7 Å². The molecule has 0 spiro atoms. The van der Waals surface area contributed by atoms with E-state index in [1.165, 1.54) is 42.9 Å². The van der Waals surface area contributed by atoms with Gasteiger partial charge < -0.3 is 0 Å². The zero-order valence-electron chi connectivity index (χ0n) is 22.0. The molecule has 0 saturated carbocycles. The highest BCUT2D eigenvalue weighted by Crippen LogP contribution is 2.24. The summed E-state index contributed by atoms with van der Waals surface area (Å²) in [5.41, 5.74) is 1.44. The molecule has 0 unspecified atom stereocenters. The summed E-state index contributed by atoms with van der Waals surface area (Å²) in [6.45, 7) is 9.02. The second-order valence-corrected chi connectivity index (χ2v) is 10.9. The molecule has 2 heterocycles. The molecule has 4 rings (SSSR count). The third kappa shape index (κ3) is 8.50. The van der Waals surface area contributed by atoms with Gasteiger partial charge in [-0.25, -0.2) is 13.9 Å². The molecule has 10 nitrogen and oxygen atoms in total. The summed E-state index contributed by atoms with van der Waals surface area (Å²) in [5.74, 6) is -0.135. The minimum absolute atomic E-state index is 0.184. The average molecular weight is 605 g/mol. The average Bonchev–Trinajstić information content (AvgIpc) is 2.89. The van der Waals surface area contributed by atoms with Gasteiger partial charge in [0.25, 0.3) is 0 Å². The number of nitrogens with one attached hydrogen (secondary N) is 4. The minimum Gasteiger partial charge on any atom is -0.269 e. The fourth-order valence-electron chi connectivity index (χ4n) is 3.51. The molecule has 0 aliphatic carbocycles. The Hall–Kier alpha value is -4.00. The molecule has 0 aliphatic heterocycles. The van der Waals surface area contributed by atoms with Gasteiger partial charge in [0.15, 0.2) is 0 Å². The first-order chi connectivity index (χ1) is 18.4. The van der Waals surface area contributed by atoms with Crippen LogP contribution >= 0.6 is 15.9 Å². The van der Waals surface area contributed by atoms with Gasteiger partial charge in [0.2, 0.25) is 0 Å². The molecule has 4 aromatic rings. The Bertz CT molecular complexity index is 1490. The number of hydrogen-bond donors (Lipinski definition) is 4. The number of halogens is 3. The molecule has 13 heteroatoms. The van der Waals surface area contributed by atoms with Crippen molar-refractivity contribution >= 4 is 27.8 Å². The second-order valence-electron chi connectivity index (χ2n) is 10.0. The van der Waals surface area contributed by atoms with Gasteiger partial charge in [-0.15, -0.1) is 0 Å². The van der Waals surface area contributed by atoms with Crippen molar-refractivity contribution in [3.63, 3.8) is 0 Å². The van der Waals surface area contributed by atoms with Crippen LogP contribution in [0.25, 0.3) is 0 Å². The molecule has 0 amide bonds. The maximum absolute atomic E-state index is 12.9. The highest BCUT2D eigenvalue weighted by atomic mass is 79.9. The lowest BCUT2D eigenvalue weighted by atomic mass is 9.84. The largest absolute Gasteiger partial charge is 0.452 e. The van der Waals surface area contributed by atoms with Crippen LogP contribution in [0.5, 0.6) is 0 Å². The summed E-state index contributed by atoms with van der Waals surface area (Å²) in [5, 5.41) is 11.0. The molecule has 2 aromatic heterocycles. The normalized spacial score (nSPS) is 11.4. The maximum atomic E-state index is 12.9. The number of nitrogens with zero attached hydrogens (tertiary/aromatic N) is 4. The molecule has 206 valence electrons. The standard InChI is InChI=1S/C13H15BrFN4O.C13H16FN4O/c1-13(2,9-3-5-10(15)6-4-9)8-17-12-16-7-11(14)18-19(12)20;1-13(2,10-3-5-11(14)6-4-10)9-16-12-15-7-8-17-18(12)19/h3-7H,8H2,1-2H3,(H,16,17)(H,18,20);3-8H,9H2,1-2H3,(H,15,16)(H,17,19)/q2*+1. The highest BCUT2D eigenvalue weighted by Gasteiger charge is 2.25. The van der Waals surface area contributed by atoms with Crippen LogP contribution in [-0.4, -0.2) is 33.3 Å². The number of aromatic amines is 2. The van der Waals surface area contributed by atoms with Crippen LogP contribution in [0.4, 0.5) is 20.7 Å². The zero-order chi connectivity index (χ0) is 28.6. The van der Waals surface area contributed by atoms with E-state index in [1.54, 1.807) is 24.3 Å². The van der Waals surface area contributed by atoms with Gasteiger partial charge in [0.1, 0.15) is 28.6 Å². The summed E-state index contributed by atoms with van der Waals surface area (Å²) in [6, 6.07) is 12.7. The van der Waals surface area contributed by atoms with E-state index in [0.29, 0.717) is 26.8 Å². The second kappa shape index (κ2) is 12.7. The molecular formula is C26H31BrF2N8O2+2. The van der Waals surface area contributed by atoms with E-state index in [0.717, 1.165) is 11.1 Å². The molecule has 0 radical (unpaired) electrons. The van der Waals surface area contributed by atoms with Crippen molar-refractivity contribution in [1.29, 1.82) is 0 Å². The van der Waals surface area contributed by atoms with Crippen LogP contribution in [0.3, 0.4) is 0 Å². The third-order valence-electron chi connectivity index (χ3n) is 5.98. The SMILES string of the molecule is CC(C)(CNc1ncc(Br)[nH][n+]1=O)c1ccc(F)cc1.CC(C)(CNc1ncc[nH][n+]1=O)c1ccc(F)cc1. The summed E-state index contributed by atoms with van der Waals surface area (Å²) in [7, 11) is 0. The number of rotatable bonds is 8. The number of anilines is 2. The summed E-state index contributed by atoms with van der Waals surface area (Å²) in [4.78, 5) is 30.9.